The molecule has 0 fully saturated rings. The highest BCUT2D eigenvalue weighted by molar-refractivity contribution is 9.09. The van der Waals surface area contributed by atoms with Crippen LogP contribution >= 0.6 is 15.9 Å². The number of nitrogens with zero attached hydrogens (tertiary/aromatic N) is 1. The minimum atomic E-state index is -0.604. The summed E-state index contributed by atoms with van der Waals surface area (Å²) in [4.78, 5) is 21.8. The molecule has 0 aromatic carbocycles. The molecule has 1 unspecified atom stereocenters. The van der Waals surface area contributed by atoms with Crippen LogP contribution in [0.1, 0.15) is 19.4 Å². The normalized spacial score (nSPS) is 12.8. The Morgan fingerprint density at radius 2 is 2.31 bits per heavy atom. The van der Waals surface area contributed by atoms with E-state index in [-0.39, 0.29) is 6.04 Å². The maximum absolute atomic E-state index is 11.1. The van der Waals surface area contributed by atoms with Crippen LogP contribution in [0.4, 0.5) is 0 Å². The van der Waals surface area contributed by atoms with Crippen molar-refractivity contribution in [3.05, 3.63) is 33.2 Å². The molecule has 1 heterocycles. The smallest absolute Gasteiger partial charge is 0.373 e. The molecule has 1 atom stereocenters. The molecule has 0 aliphatic rings. The Labute approximate surface area is 83.3 Å². The monoisotopic (exact) mass is 247 g/mol. The Balaban J connectivity index is 3.02. The van der Waals surface area contributed by atoms with Gasteiger partial charge in [-0.3, -0.25) is 4.57 Å². The molecule has 0 aliphatic heterocycles. The average Bonchev–Trinajstić information content (AvgIpc) is 2.04. The van der Waals surface area contributed by atoms with E-state index in [0.717, 1.165) is 11.8 Å². The fraction of sp³-hybridized carbons (Fsp3) is 0.500. The SMILES string of the molecule is CC(CCBr)n1ccc(=O)oc1=O. The number of rotatable bonds is 3. The van der Waals surface area contributed by atoms with Crippen LogP contribution in [0.5, 0.6) is 0 Å². The van der Waals surface area contributed by atoms with Gasteiger partial charge in [-0.2, -0.15) is 0 Å². The van der Waals surface area contributed by atoms with E-state index >= 15 is 0 Å². The first-order valence-corrected chi connectivity index (χ1v) is 5.05. The molecule has 4 nitrogen and oxygen atoms in total. The zero-order chi connectivity index (χ0) is 9.84. The number of hydrogen-bond acceptors (Lipinski definition) is 3. The quantitative estimate of drug-likeness (QED) is 0.754. The molecule has 1 aromatic rings. The Bertz CT molecular complexity index is 381. The Hall–Kier alpha value is -0.840. The molecule has 0 bridgehead atoms. The number of alkyl halides is 1. The lowest BCUT2D eigenvalue weighted by Gasteiger charge is -2.10. The van der Waals surface area contributed by atoms with Crippen molar-refractivity contribution in [2.75, 3.05) is 5.33 Å². The fourth-order valence-electron chi connectivity index (χ4n) is 0.999. The summed E-state index contributed by atoms with van der Waals surface area (Å²) in [6.45, 7) is 1.89. The highest BCUT2D eigenvalue weighted by atomic mass is 79.9. The topological polar surface area (TPSA) is 52.2 Å². The maximum Gasteiger partial charge on any atom is 0.422 e. The maximum atomic E-state index is 11.1. The van der Waals surface area contributed by atoms with Gasteiger partial charge in [0.15, 0.2) is 0 Å². The van der Waals surface area contributed by atoms with Gasteiger partial charge in [-0.05, 0) is 13.3 Å². The van der Waals surface area contributed by atoms with Crippen LogP contribution in [0, 0.1) is 0 Å². The first-order valence-electron chi connectivity index (χ1n) is 3.93. The van der Waals surface area contributed by atoms with Gasteiger partial charge in [0.2, 0.25) is 0 Å². The van der Waals surface area contributed by atoms with Gasteiger partial charge in [0.1, 0.15) is 0 Å². The van der Waals surface area contributed by atoms with Crippen LogP contribution in [-0.2, 0) is 0 Å². The second-order valence-electron chi connectivity index (χ2n) is 2.74. The standard InChI is InChI=1S/C8H10BrNO3/c1-6(2-4-9)10-5-3-7(11)13-8(10)12/h3,5-6H,2,4H2,1H3. The van der Waals surface area contributed by atoms with Gasteiger partial charge in [-0.25, -0.2) is 9.59 Å². The molecule has 0 radical (unpaired) electrons. The molecule has 0 saturated heterocycles. The van der Waals surface area contributed by atoms with E-state index in [9.17, 15) is 9.59 Å². The Morgan fingerprint density at radius 3 is 2.85 bits per heavy atom. The predicted molar refractivity (Wildman–Crippen MR) is 52.4 cm³/mol. The first-order chi connectivity index (χ1) is 6.15. The van der Waals surface area contributed by atoms with Gasteiger partial charge < -0.3 is 4.42 Å². The molecule has 0 spiro atoms. The molecule has 0 saturated carbocycles. The lowest BCUT2D eigenvalue weighted by atomic mass is 10.2. The molecule has 13 heavy (non-hydrogen) atoms. The molecule has 5 heteroatoms. The van der Waals surface area contributed by atoms with E-state index in [0.29, 0.717) is 0 Å². The van der Waals surface area contributed by atoms with E-state index in [4.69, 9.17) is 0 Å². The highest BCUT2D eigenvalue weighted by Crippen LogP contribution is 2.07. The molecular weight excluding hydrogens is 238 g/mol. The summed E-state index contributed by atoms with van der Waals surface area (Å²) in [5, 5.41) is 0.805. The molecule has 0 aliphatic carbocycles. The lowest BCUT2D eigenvalue weighted by Crippen LogP contribution is -2.25. The van der Waals surface area contributed by atoms with Gasteiger partial charge in [0.05, 0.1) is 0 Å². The van der Waals surface area contributed by atoms with Crippen LogP contribution < -0.4 is 11.4 Å². The summed E-state index contributed by atoms with van der Waals surface area (Å²) < 4.78 is 5.82. The third-order valence-corrected chi connectivity index (χ3v) is 2.23. The van der Waals surface area contributed by atoms with E-state index in [1.807, 2.05) is 6.92 Å². The third-order valence-electron chi connectivity index (χ3n) is 1.77. The largest absolute Gasteiger partial charge is 0.422 e. The van der Waals surface area contributed by atoms with Crippen molar-refractivity contribution >= 4 is 15.9 Å². The fourth-order valence-corrected chi connectivity index (χ4v) is 1.66. The van der Waals surface area contributed by atoms with E-state index in [1.54, 1.807) is 0 Å². The molecule has 1 rings (SSSR count). The van der Waals surface area contributed by atoms with Crippen molar-refractivity contribution in [2.45, 2.75) is 19.4 Å². The van der Waals surface area contributed by atoms with Crippen LogP contribution in [0.25, 0.3) is 0 Å². The second kappa shape index (κ2) is 4.41. The Morgan fingerprint density at radius 1 is 1.62 bits per heavy atom. The van der Waals surface area contributed by atoms with Crippen molar-refractivity contribution in [3.63, 3.8) is 0 Å². The predicted octanol–water partition coefficient (Wildman–Crippen LogP) is 1.15. The lowest BCUT2D eigenvalue weighted by molar-refractivity contribution is 0.370. The summed E-state index contributed by atoms with van der Waals surface area (Å²) in [5.74, 6) is -0.596. The van der Waals surface area contributed by atoms with Crippen LogP contribution in [0.15, 0.2) is 26.3 Å². The van der Waals surface area contributed by atoms with Gasteiger partial charge >= 0.3 is 11.4 Å². The molecule has 72 valence electrons. The van der Waals surface area contributed by atoms with Crippen molar-refractivity contribution in [1.82, 2.24) is 4.57 Å². The van der Waals surface area contributed by atoms with Crippen LogP contribution in [0.2, 0.25) is 0 Å². The molecule has 1 aromatic heterocycles. The molecule has 0 amide bonds. The number of aromatic nitrogens is 1. The van der Waals surface area contributed by atoms with E-state index < -0.39 is 11.4 Å². The van der Waals surface area contributed by atoms with Crippen LogP contribution in [0.3, 0.4) is 0 Å². The van der Waals surface area contributed by atoms with Crippen molar-refractivity contribution < 1.29 is 4.42 Å². The van der Waals surface area contributed by atoms with E-state index in [1.165, 1.54) is 16.8 Å². The summed E-state index contributed by atoms with van der Waals surface area (Å²) in [5.41, 5.74) is -0.604. The molecular formula is C8H10BrNO3. The zero-order valence-corrected chi connectivity index (χ0v) is 8.78. The van der Waals surface area contributed by atoms with Crippen LogP contribution in [-0.4, -0.2) is 9.90 Å². The van der Waals surface area contributed by atoms with Crippen molar-refractivity contribution in [1.29, 1.82) is 0 Å². The molecule has 0 N–H and O–H groups in total. The second-order valence-corrected chi connectivity index (χ2v) is 3.53. The number of halogens is 1. The minimum absolute atomic E-state index is 0.0382. The minimum Gasteiger partial charge on any atom is -0.373 e. The van der Waals surface area contributed by atoms with Gasteiger partial charge in [-0.1, -0.05) is 15.9 Å². The summed E-state index contributed by atoms with van der Waals surface area (Å²) in [7, 11) is 0. The van der Waals surface area contributed by atoms with Crippen molar-refractivity contribution in [2.24, 2.45) is 0 Å². The van der Waals surface area contributed by atoms with Crippen molar-refractivity contribution in [3.8, 4) is 0 Å². The van der Waals surface area contributed by atoms with Gasteiger partial charge in [0, 0.05) is 23.6 Å². The summed E-state index contributed by atoms with van der Waals surface area (Å²) >= 11 is 3.28. The van der Waals surface area contributed by atoms with E-state index in [2.05, 4.69) is 20.3 Å². The van der Waals surface area contributed by atoms with Gasteiger partial charge in [0.25, 0.3) is 0 Å². The zero-order valence-electron chi connectivity index (χ0n) is 7.20. The Kier molecular flexibility index (Phi) is 3.48. The third kappa shape index (κ3) is 2.55. The average molecular weight is 248 g/mol. The van der Waals surface area contributed by atoms with Gasteiger partial charge in [-0.15, -0.1) is 0 Å². The summed E-state index contributed by atoms with van der Waals surface area (Å²) in [6.07, 6.45) is 2.27. The summed E-state index contributed by atoms with van der Waals surface area (Å²) in [6, 6.07) is 1.28. The highest BCUT2D eigenvalue weighted by Gasteiger charge is 2.06. The number of hydrogen-bond donors (Lipinski definition) is 0. The first kappa shape index (κ1) is 10.2.